The molecule has 0 bridgehead atoms. The van der Waals surface area contributed by atoms with Crippen LogP contribution in [0.4, 0.5) is 4.39 Å². The van der Waals surface area contributed by atoms with Crippen molar-refractivity contribution in [2.75, 3.05) is 0 Å². The van der Waals surface area contributed by atoms with Crippen LogP contribution in [0.3, 0.4) is 0 Å². The zero-order valence-corrected chi connectivity index (χ0v) is 11.5. The number of benzene rings is 2. The Kier molecular flexibility index (Phi) is 4.26. The predicted molar refractivity (Wildman–Crippen MR) is 74.9 cm³/mol. The van der Waals surface area contributed by atoms with Crippen LogP contribution < -0.4 is 0 Å². The van der Waals surface area contributed by atoms with E-state index in [2.05, 4.69) is 0 Å². The first kappa shape index (κ1) is 13.4. The number of halogens is 3. The Hall–Kier alpha value is -1.05. The van der Waals surface area contributed by atoms with E-state index in [1.54, 1.807) is 6.07 Å². The largest absolute Gasteiger partial charge is 0.207 e. The topological polar surface area (TPSA) is 0 Å². The highest BCUT2D eigenvalue weighted by atomic mass is 35.5. The summed E-state index contributed by atoms with van der Waals surface area (Å²) in [7, 11) is 0. The molecule has 0 nitrogen and oxygen atoms in total. The van der Waals surface area contributed by atoms with Crippen LogP contribution in [0.2, 0.25) is 5.02 Å². The fourth-order valence-electron chi connectivity index (χ4n) is 1.85. The van der Waals surface area contributed by atoms with Gasteiger partial charge in [-0.1, -0.05) is 41.9 Å². The van der Waals surface area contributed by atoms with Gasteiger partial charge in [0.2, 0.25) is 0 Å². The molecule has 0 aromatic heterocycles. The quantitative estimate of drug-likeness (QED) is 0.669. The summed E-state index contributed by atoms with van der Waals surface area (Å²) in [4.78, 5) is 0. The molecule has 2 aromatic rings. The van der Waals surface area contributed by atoms with Gasteiger partial charge in [0, 0.05) is 10.6 Å². The lowest BCUT2D eigenvalue weighted by Gasteiger charge is -2.12. The lowest BCUT2D eigenvalue weighted by molar-refractivity contribution is 0.604. The normalized spacial score (nSPS) is 12.4. The molecule has 0 radical (unpaired) electrons. The van der Waals surface area contributed by atoms with Crippen LogP contribution in [0.25, 0.3) is 0 Å². The van der Waals surface area contributed by atoms with E-state index in [0.29, 0.717) is 17.0 Å². The van der Waals surface area contributed by atoms with Gasteiger partial charge in [-0.2, -0.15) is 0 Å². The Morgan fingerprint density at radius 3 is 2.56 bits per heavy atom. The summed E-state index contributed by atoms with van der Waals surface area (Å²) in [6.45, 7) is 1.85. The smallest absolute Gasteiger partial charge is 0.128 e. The Bertz CT molecular complexity index is 552. The standard InChI is InChI=1S/C15H13Cl2F/c1-10-6-7-12(15(18)8-10)14(17)9-11-4-2-3-5-13(11)16/h2-8,14H,9H2,1H3. The van der Waals surface area contributed by atoms with Crippen molar-refractivity contribution >= 4 is 23.2 Å². The van der Waals surface area contributed by atoms with Gasteiger partial charge in [0.05, 0.1) is 5.38 Å². The van der Waals surface area contributed by atoms with Gasteiger partial charge < -0.3 is 0 Å². The van der Waals surface area contributed by atoms with Crippen molar-refractivity contribution in [1.29, 1.82) is 0 Å². The van der Waals surface area contributed by atoms with Crippen molar-refractivity contribution in [3.8, 4) is 0 Å². The molecule has 3 heteroatoms. The van der Waals surface area contributed by atoms with Crippen LogP contribution in [0.15, 0.2) is 42.5 Å². The predicted octanol–water partition coefficient (Wildman–Crippen LogP) is 5.31. The zero-order chi connectivity index (χ0) is 13.1. The maximum Gasteiger partial charge on any atom is 0.128 e. The van der Waals surface area contributed by atoms with Crippen LogP contribution in [0.1, 0.15) is 22.1 Å². The minimum atomic E-state index is -0.412. The summed E-state index contributed by atoms with van der Waals surface area (Å²) in [5.41, 5.74) is 2.33. The molecule has 2 rings (SSSR count). The molecule has 1 unspecified atom stereocenters. The first-order valence-electron chi connectivity index (χ1n) is 5.71. The molecule has 0 aliphatic heterocycles. The molecule has 0 aliphatic carbocycles. The van der Waals surface area contributed by atoms with Crippen LogP contribution >= 0.6 is 23.2 Å². The van der Waals surface area contributed by atoms with Gasteiger partial charge in [-0.05, 0) is 36.6 Å². The molecule has 0 N–H and O–H groups in total. The summed E-state index contributed by atoms with van der Waals surface area (Å²) in [6, 6.07) is 12.6. The third-order valence-corrected chi connectivity index (χ3v) is 3.61. The average molecular weight is 283 g/mol. The fourth-order valence-corrected chi connectivity index (χ4v) is 2.41. The summed E-state index contributed by atoms with van der Waals surface area (Å²) in [6.07, 6.45) is 0.515. The van der Waals surface area contributed by atoms with Crippen molar-refractivity contribution in [2.24, 2.45) is 0 Å². The van der Waals surface area contributed by atoms with E-state index in [0.717, 1.165) is 11.1 Å². The van der Waals surface area contributed by atoms with Crippen LogP contribution in [-0.4, -0.2) is 0 Å². The third kappa shape index (κ3) is 3.04. The molecule has 2 aromatic carbocycles. The number of rotatable bonds is 3. The van der Waals surface area contributed by atoms with E-state index in [1.807, 2.05) is 37.3 Å². The molecule has 0 fully saturated rings. The molecule has 0 amide bonds. The van der Waals surface area contributed by atoms with Gasteiger partial charge in [-0.3, -0.25) is 0 Å². The highest BCUT2D eigenvalue weighted by molar-refractivity contribution is 6.31. The number of alkyl halides is 1. The van der Waals surface area contributed by atoms with E-state index in [1.165, 1.54) is 6.07 Å². The first-order chi connectivity index (χ1) is 8.58. The van der Waals surface area contributed by atoms with Crippen molar-refractivity contribution in [1.82, 2.24) is 0 Å². The Balaban J connectivity index is 2.22. The summed E-state index contributed by atoms with van der Waals surface area (Å²) < 4.78 is 13.8. The summed E-state index contributed by atoms with van der Waals surface area (Å²) in [5, 5.41) is 0.251. The summed E-state index contributed by atoms with van der Waals surface area (Å²) in [5.74, 6) is -0.262. The minimum absolute atomic E-state index is 0.262. The molecular formula is C15H13Cl2F. The molecule has 1 atom stereocenters. The van der Waals surface area contributed by atoms with Gasteiger partial charge >= 0.3 is 0 Å². The minimum Gasteiger partial charge on any atom is -0.207 e. The highest BCUT2D eigenvalue weighted by Gasteiger charge is 2.14. The van der Waals surface area contributed by atoms with Crippen molar-refractivity contribution in [2.45, 2.75) is 18.7 Å². The Labute approximate surface area is 116 Å². The second kappa shape index (κ2) is 5.73. The van der Waals surface area contributed by atoms with E-state index < -0.39 is 5.38 Å². The molecule has 0 aliphatic rings. The Morgan fingerprint density at radius 2 is 1.89 bits per heavy atom. The van der Waals surface area contributed by atoms with E-state index >= 15 is 0 Å². The van der Waals surface area contributed by atoms with E-state index in [4.69, 9.17) is 23.2 Å². The number of aryl methyl sites for hydroxylation is 1. The highest BCUT2D eigenvalue weighted by Crippen LogP contribution is 2.30. The molecule has 0 spiro atoms. The summed E-state index contributed by atoms with van der Waals surface area (Å²) >= 11 is 12.3. The number of hydrogen-bond acceptors (Lipinski definition) is 0. The maximum atomic E-state index is 13.8. The third-order valence-electron chi connectivity index (χ3n) is 2.85. The molecule has 0 saturated heterocycles. The SMILES string of the molecule is Cc1ccc(C(Cl)Cc2ccccc2Cl)c(F)c1. The monoisotopic (exact) mass is 282 g/mol. The van der Waals surface area contributed by atoms with Gasteiger partial charge in [0.15, 0.2) is 0 Å². The zero-order valence-electron chi connectivity index (χ0n) is 9.96. The second-order valence-electron chi connectivity index (χ2n) is 4.29. The average Bonchev–Trinajstić information content (AvgIpc) is 2.32. The molecule has 94 valence electrons. The lowest BCUT2D eigenvalue weighted by atomic mass is 10.0. The Morgan fingerprint density at radius 1 is 1.17 bits per heavy atom. The van der Waals surface area contributed by atoms with E-state index in [-0.39, 0.29) is 5.82 Å². The maximum absolute atomic E-state index is 13.8. The van der Waals surface area contributed by atoms with E-state index in [9.17, 15) is 4.39 Å². The van der Waals surface area contributed by atoms with Crippen LogP contribution in [0.5, 0.6) is 0 Å². The van der Waals surface area contributed by atoms with Crippen molar-refractivity contribution in [3.05, 3.63) is 70.0 Å². The van der Waals surface area contributed by atoms with Gasteiger partial charge in [-0.25, -0.2) is 4.39 Å². The van der Waals surface area contributed by atoms with Gasteiger partial charge in [0.25, 0.3) is 0 Å². The lowest BCUT2D eigenvalue weighted by Crippen LogP contribution is -2.00. The molecule has 0 saturated carbocycles. The first-order valence-corrected chi connectivity index (χ1v) is 6.53. The van der Waals surface area contributed by atoms with Gasteiger partial charge in [0.1, 0.15) is 5.82 Å². The molecular weight excluding hydrogens is 270 g/mol. The molecule has 18 heavy (non-hydrogen) atoms. The van der Waals surface area contributed by atoms with Gasteiger partial charge in [-0.15, -0.1) is 11.6 Å². The van der Waals surface area contributed by atoms with Crippen molar-refractivity contribution < 1.29 is 4.39 Å². The van der Waals surface area contributed by atoms with Crippen LogP contribution in [-0.2, 0) is 6.42 Å². The van der Waals surface area contributed by atoms with Crippen LogP contribution in [0, 0.1) is 12.7 Å². The number of hydrogen-bond donors (Lipinski definition) is 0. The fraction of sp³-hybridized carbons (Fsp3) is 0.200. The molecule has 0 heterocycles. The van der Waals surface area contributed by atoms with Crippen molar-refractivity contribution in [3.63, 3.8) is 0 Å². The second-order valence-corrected chi connectivity index (χ2v) is 5.22.